The Labute approximate surface area is 111 Å². The van der Waals surface area contributed by atoms with Gasteiger partial charge in [-0.2, -0.15) is 0 Å². The standard InChI is InChI=1S/C14H29.Sb/c1-3-5-7-9-11-13-14-12-10-8-6-4-2;/h1,3-14H2,2H3;. The van der Waals surface area contributed by atoms with E-state index in [-0.39, 0.29) is 0 Å². The summed E-state index contributed by atoms with van der Waals surface area (Å²) < 4.78 is 1.42. The average Bonchev–Trinajstić information content (AvgIpc) is 2.26. The molecule has 0 aromatic carbocycles. The predicted molar refractivity (Wildman–Crippen MR) is 71.6 cm³/mol. The van der Waals surface area contributed by atoms with Gasteiger partial charge in [0, 0.05) is 0 Å². The van der Waals surface area contributed by atoms with Crippen molar-refractivity contribution >= 4 is 23.0 Å². The van der Waals surface area contributed by atoms with Gasteiger partial charge in [0.2, 0.25) is 0 Å². The first-order valence-electron chi connectivity index (χ1n) is 7.02. The van der Waals surface area contributed by atoms with Crippen LogP contribution in [0.4, 0.5) is 0 Å². The molecule has 0 bridgehead atoms. The number of hydrogen-bond donors (Lipinski definition) is 0. The van der Waals surface area contributed by atoms with E-state index in [1.807, 2.05) is 23.0 Å². The zero-order chi connectivity index (χ0) is 11.2. The third-order valence-electron chi connectivity index (χ3n) is 3.01. The van der Waals surface area contributed by atoms with E-state index in [1.165, 1.54) is 81.4 Å². The van der Waals surface area contributed by atoms with Gasteiger partial charge in [-0.1, -0.05) is 13.3 Å². The fourth-order valence-corrected chi connectivity index (χ4v) is 2.59. The molecule has 0 rings (SSSR count). The van der Waals surface area contributed by atoms with Gasteiger partial charge in [-0.3, -0.25) is 0 Å². The van der Waals surface area contributed by atoms with Crippen molar-refractivity contribution in [3.8, 4) is 0 Å². The van der Waals surface area contributed by atoms with Crippen molar-refractivity contribution in [2.45, 2.75) is 88.3 Å². The molecule has 0 N–H and O–H groups in total. The summed E-state index contributed by atoms with van der Waals surface area (Å²) >= 11 is 1.97. The van der Waals surface area contributed by atoms with Crippen LogP contribution in [0.5, 0.6) is 0 Å². The Morgan fingerprint density at radius 2 is 0.867 bits per heavy atom. The number of rotatable bonds is 12. The zero-order valence-corrected chi connectivity index (χ0v) is 13.2. The van der Waals surface area contributed by atoms with Gasteiger partial charge in [0.25, 0.3) is 0 Å². The minimum atomic E-state index is 1.37. The van der Waals surface area contributed by atoms with E-state index in [4.69, 9.17) is 0 Å². The maximum absolute atomic E-state index is 2.29. The summed E-state index contributed by atoms with van der Waals surface area (Å²) in [5.41, 5.74) is 0. The normalized spacial score (nSPS) is 10.8. The fourth-order valence-electron chi connectivity index (χ4n) is 1.95. The minimum absolute atomic E-state index is 1.37. The van der Waals surface area contributed by atoms with Crippen LogP contribution in [-0.2, 0) is 0 Å². The molecule has 1 heteroatoms. The van der Waals surface area contributed by atoms with Gasteiger partial charge < -0.3 is 0 Å². The molecule has 0 aliphatic carbocycles. The first kappa shape index (κ1) is 15.8. The molecule has 0 nitrogen and oxygen atoms in total. The van der Waals surface area contributed by atoms with Crippen molar-refractivity contribution in [2.24, 2.45) is 0 Å². The van der Waals surface area contributed by atoms with Crippen LogP contribution in [0.3, 0.4) is 0 Å². The molecule has 0 spiro atoms. The topological polar surface area (TPSA) is 0 Å². The molecule has 0 aromatic heterocycles. The SMILES string of the molecule is CCCCCCCCCCCCC[CH2][Sb]. The molecule has 0 fully saturated rings. The molecule has 0 aliphatic heterocycles. The summed E-state index contributed by atoms with van der Waals surface area (Å²) in [6.07, 6.45) is 17.6. The van der Waals surface area contributed by atoms with E-state index < -0.39 is 0 Å². The Morgan fingerprint density at radius 1 is 0.533 bits per heavy atom. The Hall–Kier alpha value is 0.818. The first-order chi connectivity index (χ1) is 7.41. The summed E-state index contributed by atoms with van der Waals surface area (Å²) in [5.74, 6) is 0. The Morgan fingerprint density at radius 3 is 1.20 bits per heavy atom. The molecule has 0 amide bonds. The summed E-state index contributed by atoms with van der Waals surface area (Å²) in [6.45, 7) is 2.29. The molecule has 2 radical (unpaired) electrons. The Balaban J connectivity index is 2.81. The van der Waals surface area contributed by atoms with E-state index in [1.54, 1.807) is 0 Å². The van der Waals surface area contributed by atoms with Gasteiger partial charge in [-0.25, -0.2) is 0 Å². The van der Waals surface area contributed by atoms with Crippen molar-refractivity contribution in [1.29, 1.82) is 0 Å². The van der Waals surface area contributed by atoms with Crippen LogP contribution in [0.2, 0.25) is 4.37 Å². The van der Waals surface area contributed by atoms with Crippen molar-refractivity contribution in [2.75, 3.05) is 0 Å². The van der Waals surface area contributed by atoms with Crippen LogP contribution in [0.1, 0.15) is 84.0 Å². The van der Waals surface area contributed by atoms with Crippen molar-refractivity contribution in [3.63, 3.8) is 0 Å². The van der Waals surface area contributed by atoms with Gasteiger partial charge >= 0.3 is 98.0 Å². The molecule has 90 valence electrons. The second-order valence-corrected chi connectivity index (χ2v) is 5.89. The third kappa shape index (κ3) is 14.8. The van der Waals surface area contributed by atoms with E-state index in [0.717, 1.165) is 0 Å². The number of unbranched alkanes of at least 4 members (excludes halogenated alkanes) is 11. The molecule has 0 atom stereocenters. The van der Waals surface area contributed by atoms with Gasteiger partial charge in [0.1, 0.15) is 0 Å². The summed E-state index contributed by atoms with van der Waals surface area (Å²) in [5, 5.41) is 0. The first-order valence-corrected chi connectivity index (χ1v) is 8.83. The van der Waals surface area contributed by atoms with Crippen LogP contribution in [0.25, 0.3) is 0 Å². The van der Waals surface area contributed by atoms with Crippen LogP contribution in [0, 0.1) is 0 Å². The van der Waals surface area contributed by atoms with Gasteiger partial charge in [0.15, 0.2) is 0 Å². The average molecular weight is 319 g/mol. The number of hydrogen-bond acceptors (Lipinski definition) is 0. The predicted octanol–water partition coefficient (Wildman–Crippen LogP) is 5.27. The second-order valence-electron chi connectivity index (χ2n) is 4.61. The molecule has 0 heterocycles. The third-order valence-corrected chi connectivity index (χ3v) is 3.91. The zero-order valence-electron chi connectivity index (χ0n) is 10.6. The van der Waals surface area contributed by atoms with Crippen LogP contribution >= 0.6 is 0 Å². The van der Waals surface area contributed by atoms with Gasteiger partial charge in [-0.15, -0.1) is 0 Å². The van der Waals surface area contributed by atoms with E-state index in [0.29, 0.717) is 0 Å². The van der Waals surface area contributed by atoms with Gasteiger partial charge in [0.05, 0.1) is 0 Å². The van der Waals surface area contributed by atoms with Crippen LogP contribution in [0.15, 0.2) is 0 Å². The van der Waals surface area contributed by atoms with Crippen molar-refractivity contribution in [1.82, 2.24) is 0 Å². The Bertz CT molecular complexity index is 89.5. The molecule has 0 saturated carbocycles. The summed E-state index contributed by atoms with van der Waals surface area (Å²) in [7, 11) is 0. The monoisotopic (exact) mass is 318 g/mol. The quantitative estimate of drug-likeness (QED) is 0.339. The molecular formula is C14H29Sb. The van der Waals surface area contributed by atoms with Crippen molar-refractivity contribution in [3.05, 3.63) is 0 Å². The van der Waals surface area contributed by atoms with E-state index >= 15 is 0 Å². The van der Waals surface area contributed by atoms with Gasteiger partial charge in [-0.05, 0) is 0 Å². The summed E-state index contributed by atoms with van der Waals surface area (Å²) in [6, 6.07) is 0. The van der Waals surface area contributed by atoms with Crippen LogP contribution in [-0.4, -0.2) is 23.0 Å². The molecule has 0 saturated heterocycles. The molecule has 0 aliphatic rings. The second kappa shape index (κ2) is 14.8. The maximum atomic E-state index is 2.29. The molecular weight excluding hydrogens is 290 g/mol. The fraction of sp³-hybridized carbons (Fsp3) is 1.00. The van der Waals surface area contributed by atoms with Crippen molar-refractivity contribution < 1.29 is 0 Å². The molecule has 0 aromatic rings. The van der Waals surface area contributed by atoms with E-state index in [9.17, 15) is 0 Å². The van der Waals surface area contributed by atoms with E-state index in [2.05, 4.69) is 6.92 Å². The molecule has 15 heavy (non-hydrogen) atoms. The van der Waals surface area contributed by atoms with Crippen LogP contribution < -0.4 is 0 Å². The Kier molecular flexibility index (Phi) is 15.6. The molecule has 0 unspecified atom stereocenters. The summed E-state index contributed by atoms with van der Waals surface area (Å²) in [4.78, 5) is 0.